The van der Waals surface area contributed by atoms with Gasteiger partial charge in [0.25, 0.3) is 0 Å². The van der Waals surface area contributed by atoms with E-state index in [9.17, 15) is 0 Å². The molecule has 0 radical (unpaired) electrons. The third-order valence-electron chi connectivity index (χ3n) is 5.53. The van der Waals surface area contributed by atoms with Crippen molar-refractivity contribution in [3.05, 3.63) is 70.8 Å². The molecule has 2 aromatic heterocycles. The van der Waals surface area contributed by atoms with E-state index in [1.807, 2.05) is 12.3 Å². The molecular formula is C23H28N4S. The summed E-state index contributed by atoms with van der Waals surface area (Å²) in [6, 6.07) is 17.2. The Balaban J connectivity index is 1.31. The van der Waals surface area contributed by atoms with E-state index in [-0.39, 0.29) is 0 Å². The summed E-state index contributed by atoms with van der Waals surface area (Å²) in [5.74, 6) is 0. The normalized spacial score (nSPS) is 17.9. The van der Waals surface area contributed by atoms with Gasteiger partial charge in [0.05, 0.1) is 12.2 Å². The van der Waals surface area contributed by atoms with Crippen molar-refractivity contribution in [2.24, 2.45) is 0 Å². The highest BCUT2D eigenvalue weighted by molar-refractivity contribution is 7.09. The molecule has 1 atom stereocenters. The summed E-state index contributed by atoms with van der Waals surface area (Å²) < 4.78 is 0. The van der Waals surface area contributed by atoms with Gasteiger partial charge in [0.2, 0.25) is 0 Å². The Bertz CT molecular complexity index is 849. The van der Waals surface area contributed by atoms with Crippen molar-refractivity contribution in [1.82, 2.24) is 19.8 Å². The third-order valence-corrected chi connectivity index (χ3v) is 6.36. The first-order valence-corrected chi connectivity index (χ1v) is 11.0. The van der Waals surface area contributed by atoms with Crippen LogP contribution in [0.2, 0.25) is 0 Å². The number of benzene rings is 1. The van der Waals surface area contributed by atoms with Crippen molar-refractivity contribution in [2.75, 3.05) is 26.7 Å². The van der Waals surface area contributed by atoms with Gasteiger partial charge in [-0.15, -0.1) is 11.3 Å². The molecule has 1 aliphatic heterocycles. The molecule has 3 heterocycles. The number of hydrogen-bond acceptors (Lipinski definition) is 5. The Morgan fingerprint density at radius 1 is 1.14 bits per heavy atom. The first-order chi connectivity index (χ1) is 13.8. The number of likely N-dealkylation sites (tertiary alicyclic amines) is 1. The van der Waals surface area contributed by atoms with Crippen molar-refractivity contribution >= 4 is 11.3 Å². The fraction of sp³-hybridized carbons (Fsp3) is 0.391. The van der Waals surface area contributed by atoms with Gasteiger partial charge >= 0.3 is 0 Å². The van der Waals surface area contributed by atoms with Crippen LogP contribution in [-0.4, -0.2) is 52.5 Å². The molecule has 5 heteroatoms. The molecule has 3 aromatic rings. The Labute approximate surface area is 171 Å². The molecule has 1 aromatic carbocycles. The lowest BCUT2D eigenvalue weighted by atomic mass is 10.0. The summed E-state index contributed by atoms with van der Waals surface area (Å²) in [6.07, 6.45) is 5.44. The molecule has 1 aliphatic rings. The van der Waals surface area contributed by atoms with Gasteiger partial charge in [0.15, 0.2) is 0 Å². The van der Waals surface area contributed by atoms with E-state index in [4.69, 9.17) is 4.98 Å². The van der Waals surface area contributed by atoms with Crippen molar-refractivity contribution in [3.63, 3.8) is 0 Å². The lowest BCUT2D eigenvalue weighted by molar-refractivity contribution is 0.112. The summed E-state index contributed by atoms with van der Waals surface area (Å²) in [5.41, 5.74) is 3.48. The van der Waals surface area contributed by atoms with Crippen LogP contribution in [0, 0.1) is 0 Å². The van der Waals surface area contributed by atoms with Gasteiger partial charge in [-0.1, -0.05) is 36.4 Å². The molecule has 146 valence electrons. The summed E-state index contributed by atoms with van der Waals surface area (Å²) in [7, 11) is 2.26. The van der Waals surface area contributed by atoms with Crippen LogP contribution in [0.25, 0.3) is 11.3 Å². The highest BCUT2D eigenvalue weighted by atomic mass is 32.1. The highest BCUT2D eigenvalue weighted by Crippen LogP contribution is 2.24. The summed E-state index contributed by atoms with van der Waals surface area (Å²) in [4.78, 5) is 14.4. The predicted molar refractivity (Wildman–Crippen MR) is 116 cm³/mol. The summed E-state index contributed by atoms with van der Waals surface area (Å²) in [6.45, 7) is 4.32. The number of pyridine rings is 1. The first kappa shape index (κ1) is 19.2. The van der Waals surface area contributed by atoms with Gasteiger partial charge in [-0.25, -0.2) is 4.98 Å². The lowest BCUT2D eigenvalue weighted by Gasteiger charge is -2.37. The van der Waals surface area contributed by atoms with Crippen LogP contribution < -0.4 is 0 Å². The topological polar surface area (TPSA) is 32.3 Å². The second-order valence-corrected chi connectivity index (χ2v) is 8.52. The van der Waals surface area contributed by atoms with Crippen LogP contribution >= 0.6 is 11.3 Å². The van der Waals surface area contributed by atoms with Gasteiger partial charge in [-0.3, -0.25) is 9.88 Å². The maximum absolute atomic E-state index is 4.88. The summed E-state index contributed by atoms with van der Waals surface area (Å²) in [5, 5.41) is 3.40. The van der Waals surface area contributed by atoms with E-state index in [2.05, 4.69) is 69.7 Å². The Morgan fingerprint density at radius 2 is 2.00 bits per heavy atom. The molecule has 0 unspecified atom stereocenters. The number of rotatable bonds is 7. The molecule has 0 amide bonds. The number of piperidine rings is 1. The average molecular weight is 393 g/mol. The zero-order valence-corrected chi connectivity index (χ0v) is 17.3. The van der Waals surface area contributed by atoms with Crippen molar-refractivity contribution in [1.29, 1.82) is 0 Å². The molecule has 4 rings (SSSR count). The highest BCUT2D eigenvalue weighted by Gasteiger charge is 2.23. The molecule has 28 heavy (non-hydrogen) atoms. The van der Waals surface area contributed by atoms with E-state index in [0.717, 1.165) is 31.7 Å². The molecule has 1 fully saturated rings. The third kappa shape index (κ3) is 5.04. The molecule has 0 N–H and O–H groups in total. The molecule has 0 aliphatic carbocycles. The largest absolute Gasteiger partial charge is 0.302 e. The summed E-state index contributed by atoms with van der Waals surface area (Å²) >= 11 is 1.78. The van der Waals surface area contributed by atoms with Gasteiger partial charge in [-0.05, 0) is 38.6 Å². The molecule has 1 saturated heterocycles. The van der Waals surface area contributed by atoms with E-state index in [0.29, 0.717) is 6.04 Å². The Morgan fingerprint density at radius 3 is 2.82 bits per heavy atom. The Hall–Kier alpha value is -2.08. The minimum atomic E-state index is 0.617. The number of nitrogens with zero attached hydrogens (tertiary/aromatic N) is 4. The smallest absolute Gasteiger partial charge is 0.107 e. The number of thiazole rings is 1. The molecule has 0 saturated carbocycles. The maximum Gasteiger partial charge on any atom is 0.107 e. The molecule has 0 spiro atoms. The fourth-order valence-electron chi connectivity index (χ4n) is 3.87. The van der Waals surface area contributed by atoms with Crippen LogP contribution in [0.5, 0.6) is 0 Å². The van der Waals surface area contributed by atoms with Gasteiger partial charge in [0.1, 0.15) is 5.01 Å². The van der Waals surface area contributed by atoms with Crippen LogP contribution in [0.1, 0.15) is 23.5 Å². The molecule has 4 nitrogen and oxygen atoms in total. The average Bonchev–Trinajstić information content (AvgIpc) is 3.22. The van der Waals surface area contributed by atoms with Crippen molar-refractivity contribution in [2.45, 2.75) is 31.8 Å². The Kier molecular flexibility index (Phi) is 6.47. The SMILES string of the molecule is CN(CCc1ccccn1)[C@@H]1CCCN(Cc2nc(-c3ccccc3)cs2)C1. The number of hydrogen-bond donors (Lipinski definition) is 0. The number of aromatic nitrogens is 2. The quantitative estimate of drug-likeness (QED) is 0.599. The van der Waals surface area contributed by atoms with Crippen LogP contribution in [0.3, 0.4) is 0 Å². The number of likely N-dealkylation sites (N-methyl/N-ethyl adjacent to an activating group) is 1. The lowest BCUT2D eigenvalue weighted by Crippen LogP contribution is -2.46. The molecule has 0 bridgehead atoms. The van der Waals surface area contributed by atoms with E-state index in [1.54, 1.807) is 11.3 Å². The second kappa shape index (κ2) is 9.41. The second-order valence-electron chi connectivity index (χ2n) is 7.58. The van der Waals surface area contributed by atoms with Gasteiger partial charge in [-0.2, -0.15) is 0 Å². The van der Waals surface area contributed by atoms with Crippen LogP contribution in [0.4, 0.5) is 0 Å². The standard InChI is InChI=1S/C23H28N4S/c1-26(15-12-20-10-5-6-13-24-20)21-11-7-14-27(16-21)17-23-25-22(18-28-23)19-8-3-2-4-9-19/h2-6,8-10,13,18,21H,7,11-12,14-17H2,1H3/t21-/m1/s1. The minimum Gasteiger partial charge on any atom is -0.302 e. The molecular weight excluding hydrogens is 364 g/mol. The van der Waals surface area contributed by atoms with Gasteiger partial charge in [0, 0.05) is 48.4 Å². The van der Waals surface area contributed by atoms with Crippen molar-refractivity contribution < 1.29 is 0 Å². The van der Waals surface area contributed by atoms with Crippen LogP contribution in [0.15, 0.2) is 60.1 Å². The monoisotopic (exact) mass is 392 g/mol. The van der Waals surface area contributed by atoms with E-state index in [1.165, 1.54) is 35.7 Å². The van der Waals surface area contributed by atoms with E-state index >= 15 is 0 Å². The maximum atomic E-state index is 4.88. The fourth-order valence-corrected chi connectivity index (χ4v) is 4.71. The zero-order chi connectivity index (χ0) is 19.2. The minimum absolute atomic E-state index is 0.617. The predicted octanol–water partition coefficient (Wildman–Crippen LogP) is 4.34. The zero-order valence-electron chi connectivity index (χ0n) is 16.5. The van der Waals surface area contributed by atoms with E-state index < -0.39 is 0 Å². The van der Waals surface area contributed by atoms with Crippen LogP contribution in [-0.2, 0) is 13.0 Å². The first-order valence-electron chi connectivity index (χ1n) is 10.1. The van der Waals surface area contributed by atoms with Crippen molar-refractivity contribution in [3.8, 4) is 11.3 Å². The van der Waals surface area contributed by atoms with Gasteiger partial charge < -0.3 is 4.90 Å².